The van der Waals surface area contributed by atoms with E-state index in [2.05, 4.69) is 5.32 Å². The Hall–Kier alpha value is -3.96. The Morgan fingerprint density at radius 2 is 1.59 bits per heavy atom. The van der Waals surface area contributed by atoms with Gasteiger partial charge in [-0.1, -0.05) is 11.6 Å². The first-order chi connectivity index (χ1) is 18.6. The van der Waals surface area contributed by atoms with Crippen LogP contribution in [0.2, 0.25) is 5.02 Å². The van der Waals surface area contributed by atoms with Gasteiger partial charge in [0, 0.05) is 11.8 Å². The molecule has 12 heteroatoms. The highest BCUT2D eigenvalue weighted by molar-refractivity contribution is 7.92. The number of ether oxygens (including phenoxy) is 4. The van der Waals surface area contributed by atoms with Crippen LogP contribution < -0.4 is 23.8 Å². The number of methoxy groups -OCH3 is 2. The summed E-state index contributed by atoms with van der Waals surface area (Å²) in [5, 5.41) is 2.77. The van der Waals surface area contributed by atoms with Crippen LogP contribution in [0.5, 0.6) is 17.2 Å². The molecular formula is C27H29ClN2O8S. The lowest BCUT2D eigenvalue weighted by Crippen LogP contribution is -2.38. The molecule has 0 heterocycles. The van der Waals surface area contributed by atoms with E-state index in [1.165, 1.54) is 62.8 Å². The lowest BCUT2D eigenvalue weighted by atomic mass is 10.2. The number of carbonyl (C=O) groups excluding carboxylic acids is 2. The molecule has 39 heavy (non-hydrogen) atoms. The third kappa shape index (κ3) is 7.12. The number of hydrogen-bond donors (Lipinski definition) is 1. The van der Waals surface area contributed by atoms with Crippen molar-refractivity contribution in [3.05, 3.63) is 71.2 Å². The first-order valence-corrected chi connectivity index (χ1v) is 13.7. The van der Waals surface area contributed by atoms with E-state index >= 15 is 0 Å². The molecule has 0 aliphatic heterocycles. The van der Waals surface area contributed by atoms with Gasteiger partial charge in [-0.2, -0.15) is 0 Å². The van der Waals surface area contributed by atoms with Crippen molar-refractivity contribution in [2.24, 2.45) is 0 Å². The van der Waals surface area contributed by atoms with Gasteiger partial charge in [-0.3, -0.25) is 9.10 Å². The van der Waals surface area contributed by atoms with E-state index in [9.17, 15) is 18.0 Å². The number of halogens is 1. The van der Waals surface area contributed by atoms with Crippen molar-refractivity contribution in [1.82, 2.24) is 0 Å². The molecule has 3 aromatic carbocycles. The molecule has 0 saturated heterocycles. The highest BCUT2D eigenvalue weighted by atomic mass is 35.5. The molecule has 0 aliphatic carbocycles. The second-order valence-electron chi connectivity index (χ2n) is 7.92. The molecule has 1 amide bonds. The number of amides is 1. The number of rotatable bonds is 12. The summed E-state index contributed by atoms with van der Waals surface area (Å²) in [7, 11) is -1.43. The zero-order valence-electron chi connectivity index (χ0n) is 21.9. The Bertz CT molecular complexity index is 1430. The zero-order chi connectivity index (χ0) is 28.6. The molecule has 10 nitrogen and oxygen atoms in total. The molecule has 0 unspecified atom stereocenters. The fourth-order valence-electron chi connectivity index (χ4n) is 3.59. The second-order valence-corrected chi connectivity index (χ2v) is 10.2. The monoisotopic (exact) mass is 576 g/mol. The topological polar surface area (TPSA) is 120 Å². The Balaban J connectivity index is 1.97. The van der Waals surface area contributed by atoms with Gasteiger partial charge in [-0.05, 0) is 68.4 Å². The van der Waals surface area contributed by atoms with Crippen LogP contribution in [-0.2, 0) is 19.6 Å². The Labute approximate surface area is 232 Å². The second kappa shape index (κ2) is 13.2. The van der Waals surface area contributed by atoms with Crippen molar-refractivity contribution >= 4 is 44.9 Å². The van der Waals surface area contributed by atoms with Gasteiger partial charge in [0.2, 0.25) is 5.91 Å². The maximum absolute atomic E-state index is 13.8. The zero-order valence-corrected chi connectivity index (χ0v) is 23.5. The number of hydrogen-bond acceptors (Lipinski definition) is 8. The van der Waals surface area contributed by atoms with Crippen molar-refractivity contribution in [3.8, 4) is 17.2 Å². The van der Waals surface area contributed by atoms with E-state index in [0.717, 1.165) is 4.31 Å². The van der Waals surface area contributed by atoms with Crippen molar-refractivity contribution in [2.45, 2.75) is 18.7 Å². The van der Waals surface area contributed by atoms with E-state index in [-0.39, 0.29) is 39.2 Å². The van der Waals surface area contributed by atoms with E-state index in [0.29, 0.717) is 18.1 Å². The van der Waals surface area contributed by atoms with Crippen LogP contribution in [0.25, 0.3) is 0 Å². The molecule has 0 radical (unpaired) electrons. The number of benzene rings is 3. The molecule has 0 fully saturated rings. The first kappa shape index (κ1) is 29.6. The van der Waals surface area contributed by atoms with Crippen LogP contribution in [0.3, 0.4) is 0 Å². The van der Waals surface area contributed by atoms with Crippen molar-refractivity contribution in [1.29, 1.82) is 0 Å². The predicted molar refractivity (Wildman–Crippen MR) is 148 cm³/mol. The number of nitrogens with one attached hydrogen (secondary N) is 1. The largest absolute Gasteiger partial charge is 0.494 e. The number of esters is 1. The minimum absolute atomic E-state index is 0.0673. The summed E-state index contributed by atoms with van der Waals surface area (Å²) < 4.78 is 49.5. The van der Waals surface area contributed by atoms with Gasteiger partial charge >= 0.3 is 5.97 Å². The van der Waals surface area contributed by atoms with Gasteiger partial charge in [0.15, 0.2) is 11.5 Å². The van der Waals surface area contributed by atoms with Gasteiger partial charge in [0.25, 0.3) is 10.0 Å². The molecule has 0 spiro atoms. The SMILES string of the molecule is CCOC(=O)c1cc(NC(=O)CN(c2ccc(OCC)cc2)S(=O)(=O)c2ccc(OC)c(OC)c2)ccc1Cl. The number of carbonyl (C=O) groups is 2. The van der Waals surface area contributed by atoms with E-state index in [1.807, 2.05) is 6.92 Å². The molecule has 3 rings (SSSR count). The average molecular weight is 577 g/mol. The quantitative estimate of drug-likeness (QED) is 0.306. The van der Waals surface area contributed by atoms with Crippen LogP contribution >= 0.6 is 11.6 Å². The summed E-state index contributed by atoms with van der Waals surface area (Å²) in [6.07, 6.45) is 0. The molecule has 0 aromatic heterocycles. The van der Waals surface area contributed by atoms with E-state index in [1.54, 1.807) is 19.1 Å². The Morgan fingerprint density at radius 3 is 2.21 bits per heavy atom. The Kier molecular flexibility index (Phi) is 10.0. The minimum atomic E-state index is -4.26. The van der Waals surface area contributed by atoms with Crippen LogP contribution in [0, 0.1) is 0 Å². The van der Waals surface area contributed by atoms with E-state index in [4.69, 9.17) is 30.5 Å². The predicted octanol–water partition coefficient (Wildman–Crippen LogP) is 4.77. The van der Waals surface area contributed by atoms with Crippen molar-refractivity contribution in [2.75, 3.05) is 43.6 Å². The third-order valence-corrected chi connectivity index (χ3v) is 7.51. The molecule has 0 saturated carbocycles. The lowest BCUT2D eigenvalue weighted by molar-refractivity contribution is -0.114. The molecule has 0 bridgehead atoms. The highest BCUT2D eigenvalue weighted by Gasteiger charge is 2.29. The Morgan fingerprint density at radius 1 is 0.897 bits per heavy atom. The van der Waals surface area contributed by atoms with E-state index < -0.39 is 28.4 Å². The maximum atomic E-state index is 13.8. The summed E-state index contributed by atoms with van der Waals surface area (Å²) in [5.41, 5.74) is 0.534. The van der Waals surface area contributed by atoms with Gasteiger partial charge < -0.3 is 24.3 Å². The first-order valence-electron chi connectivity index (χ1n) is 11.9. The number of sulfonamides is 1. The highest BCUT2D eigenvalue weighted by Crippen LogP contribution is 2.33. The standard InChI is InChI=1S/C27H29ClN2O8S/c1-5-37-20-10-8-19(9-11-20)30(39(33,34)21-12-14-24(35-3)25(16-21)36-4)17-26(31)29-18-7-13-23(28)22(15-18)27(32)38-6-2/h7-16H,5-6,17H2,1-4H3,(H,29,31). The average Bonchev–Trinajstić information content (AvgIpc) is 2.93. The fourth-order valence-corrected chi connectivity index (χ4v) is 5.23. The summed E-state index contributed by atoms with van der Waals surface area (Å²) >= 11 is 6.11. The van der Waals surface area contributed by atoms with Crippen LogP contribution in [0.1, 0.15) is 24.2 Å². The van der Waals surface area contributed by atoms with Crippen LogP contribution in [-0.4, -0.2) is 54.3 Å². The smallest absolute Gasteiger partial charge is 0.339 e. The molecule has 1 N–H and O–H groups in total. The van der Waals surface area contributed by atoms with Gasteiger partial charge in [-0.15, -0.1) is 0 Å². The van der Waals surface area contributed by atoms with Crippen LogP contribution in [0.4, 0.5) is 11.4 Å². The molecule has 0 atom stereocenters. The number of anilines is 2. The summed E-state index contributed by atoms with van der Waals surface area (Å²) in [5.74, 6) is -0.207. The molecule has 0 aliphatic rings. The summed E-state index contributed by atoms with van der Waals surface area (Å²) in [6, 6.07) is 14.7. The maximum Gasteiger partial charge on any atom is 0.339 e. The summed E-state index contributed by atoms with van der Waals surface area (Å²) in [4.78, 5) is 25.2. The normalized spacial score (nSPS) is 10.9. The van der Waals surface area contributed by atoms with Crippen molar-refractivity contribution < 1.29 is 37.0 Å². The minimum Gasteiger partial charge on any atom is -0.494 e. The summed E-state index contributed by atoms with van der Waals surface area (Å²) in [6.45, 7) is 3.49. The molecular weight excluding hydrogens is 548 g/mol. The van der Waals surface area contributed by atoms with Gasteiger partial charge in [-0.25, -0.2) is 13.2 Å². The lowest BCUT2D eigenvalue weighted by Gasteiger charge is -2.25. The van der Waals surface area contributed by atoms with Gasteiger partial charge in [0.1, 0.15) is 12.3 Å². The van der Waals surface area contributed by atoms with Crippen LogP contribution in [0.15, 0.2) is 65.6 Å². The molecule has 3 aromatic rings. The number of nitrogens with zero attached hydrogens (tertiary/aromatic N) is 1. The van der Waals surface area contributed by atoms with Crippen molar-refractivity contribution in [3.63, 3.8) is 0 Å². The van der Waals surface area contributed by atoms with Gasteiger partial charge in [0.05, 0.1) is 48.6 Å². The molecule has 208 valence electrons. The fraction of sp³-hybridized carbons (Fsp3) is 0.259. The third-order valence-electron chi connectivity index (χ3n) is 5.41.